The van der Waals surface area contributed by atoms with Gasteiger partial charge in [-0.25, -0.2) is 0 Å². The van der Waals surface area contributed by atoms with Crippen molar-refractivity contribution in [2.45, 2.75) is 0 Å². The Kier molecular flexibility index (Phi) is 7.43. The zero-order valence-corrected chi connectivity index (χ0v) is 34.6. The van der Waals surface area contributed by atoms with Crippen LogP contribution in [0.4, 0.5) is 0 Å². The molecule has 2 aromatic heterocycles. The van der Waals surface area contributed by atoms with Crippen molar-refractivity contribution in [2.24, 2.45) is 0 Å². The van der Waals surface area contributed by atoms with Crippen LogP contribution in [-0.4, -0.2) is 0 Å². The van der Waals surface area contributed by atoms with Gasteiger partial charge < -0.3 is 8.83 Å². The maximum atomic E-state index is 6.83. The molecule has 12 aromatic carbocycles. The van der Waals surface area contributed by atoms with E-state index in [1.54, 1.807) is 0 Å². The molecule has 0 radical (unpaired) electrons. The van der Waals surface area contributed by atoms with Gasteiger partial charge in [-0.2, -0.15) is 0 Å². The normalized spacial score (nSPS) is 12.1. The van der Waals surface area contributed by atoms with Crippen LogP contribution in [0.25, 0.3) is 142 Å². The summed E-state index contributed by atoms with van der Waals surface area (Å²) in [6.07, 6.45) is 0. The number of hydrogen-bond acceptors (Lipinski definition) is 2. The van der Waals surface area contributed by atoms with Crippen molar-refractivity contribution in [2.75, 3.05) is 0 Å². The number of benzene rings is 12. The molecule has 0 aliphatic rings. The van der Waals surface area contributed by atoms with E-state index in [0.29, 0.717) is 0 Å². The average Bonchev–Trinajstić information content (AvgIpc) is 3.94. The van der Waals surface area contributed by atoms with Gasteiger partial charge in [0.25, 0.3) is 0 Å². The number of fused-ring (bicyclic) bond motifs is 14. The minimum Gasteiger partial charge on any atom is -0.456 e. The van der Waals surface area contributed by atoms with Gasteiger partial charge >= 0.3 is 0 Å². The first-order valence-corrected chi connectivity index (χ1v) is 22.0. The van der Waals surface area contributed by atoms with Crippen molar-refractivity contribution in [3.05, 3.63) is 218 Å². The van der Waals surface area contributed by atoms with E-state index in [1.165, 1.54) is 70.6 Å². The minimum absolute atomic E-state index is 0.871. The lowest BCUT2D eigenvalue weighted by Crippen LogP contribution is -1.96. The predicted molar refractivity (Wildman–Crippen MR) is 270 cm³/mol. The molecule has 0 atom stereocenters. The molecule has 0 aliphatic carbocycles. The molecule has 0 bridgehead atoms. The van der Waals surface area contributed by atoms with Crippen LogP contribution in [0.1, 0.15) is 0 Å². The highest BCUT2D eigenvalue weighted by molar-refractivity contribution is 6.32. The summed E-state index contributed by atoms with van der Waals surface area (Å²) >= 11 is 0. The quantitative estimate of drug-likeness (QED) is 0.131. The Morgan fingerprint density at radius 1 is 0.188 bits per heavy atom. The molecule has 2 nitrogen and oxygen atoms in total. The van der Waals surface area contributed by atoms with E-state index < -0.39 is 0 Å². The van der Waals surface area contributed by atoms with Crippen LogP contribution in [0, 0.1) is 0 Å². The molecule has 0 fully saturated rings. The summed E-state index contributed by atoms with van der Waals surface area (Å²) in [6, 6.07) is 79.4. The summed E-state index contributed by atoms with van der Waals surface area (Å²) in [5.74, 6) is 0. The van der Waals surface area contributed by atoms with Gasteiger partial charge in [-0.15, -0.1) is 0 Å². The molecule has 0 N–H and O–H groups in total. The highest BCUT2D eigenvalue weighted by atomic mass is 16.3. The first-order valence-electron chi connectivity index (χ1n) is 22.0. The van der Waals surface area contributed by atoms with Crippen LogP contribution in [0.5, 0.6) is 0 Å². The predicted octanol–water partition coefficient (Wildman–Crippen LogP) is 17.9. The fraction of sp³-hybridized carbons (Fsp3) is 0. The molecule has 14 rings (SSSR count). The van der Waals surface area contributed by atoms with E-state index in [-0.39, 0.29) is 0 Å². The van der Waals surface area contributed by atoms with Crippen molar-refractivity contribution in [3.8, 4) is 44.5 Å². The molecule has 64 heavy (non-hydrogen) atoms. The molecule has 0 unspecified atom stereocenters. The number of furan rings is 2. The van der Waals surface area contributed by atoms with Crippen LogP contribution in [0.15, 0.2) is 227 Å². The summed E-state index contributed by atoms with van der Waals surface area (Å²) in [7, 11) is 0. The SMILES string of the molecule is c1cc(-c2cccc3c2oc2ccccc23)c(-c2c3ccccc3c(-c3cccc4c5ccccc5c5ccccc5c34)c3ccccc23)c(-c2cccc3oc4ccccc4c23)c1. The maximum Gasteiger partial charge on any atom is 0.143 e. The number of para-hydroxylation sites is 3. The molecule has 0 saturated carbocycles. The lowest BCUT2D eigenvalue weighted by molar-refractivity contribution is 0.669. The smallest absolute Gasteiger partial charge is 0.143 e. The highest BCUT2D eigenvalue weighted by Crippen LogP contribution is 2.53. The van der Waals surface area contributed by atoms with Gasteiger partial charge in [-0.05, 0) is 111 Å². The lowest BCUT2D eigenvalue weighted by atomic mass is 9.79. The van der Waals surface area contributed by atoms with Gasteiger partial charge in [0.15, 0.2) is 0 Å². The summed E-state index contributed by atoms with van der Waals surface area (Å²) in [4.78, 5) is 0. The summed E-state index contributed by atoms with van der Waals surface area (Å²) in [6.45, 7) is 0. The summed E-state index contributed by atoms with van der Waals surface area (Å²) in [5, 5.41) is 16.8. The molecule has 0 amide bonds. The molecule has 2 heteroatoms. The first-order chi connectivity index (χ1) is 31.8. The van der Waals surface area contributed by atoms with Crippen LogP contribution in [0.3, 0.4) is 0 Å². The molecule has 0 spiro atoms. The molecule has 296 valence electrons. The second kappa shape index (κ2) is 13.5. The lowest BCUT2D eigenvalue weighted by Gasteiger charge is -2.23. The Morgan fingerprint density at radius 3 is 1.23 bits per heavy atom. The minimum atomic E-state index is 0.871. The second-order valence-corrected chi connectivity index (χ2v) is 16.9. The van der Waals surface area contributed by atoms with Gasteiger partial charge in [-0.1, -0.05) is 200 Å². The fourth-order valence-electron chi connectivity index (χ4n) is 11.1. The Bertz CT molecular complexity index is 4160. The number of rotatable bonds is 4. The topological polar surface area (TPSA) is 26.3 Å². The van der Waals surface area contributed by atoms with Gasteiger partial charge in [-0.3, -0.25) is 0 Å². The molecule has 0 saturated heterocycles. The molecule has 14 aromatic rings. The Labute approximate surface area is 367 Å². The van der Waals surface area contributed by atoms with Crippen LogP contribution in [-0.2, 0) is 0 Å². The van der Waals surface area contributed by atoms with Crippen molar-refractivity contribution >= 4 is 97.7 Å². The van der Waals surface area contributed by atoms with Gasteiger partial charge in [0.05, 0.1) is 0 Å². The summed E-state index contributed by atoms with van der Waals surface area (Å²) < 4.78 is 13.4. The molecular formula is C62H36O2. The molecule has 0 aliphatic heterocycles. The standard InChI is InChI=1S/C62H36O2/c1-2-18-39-37(17-1)38-19-3-4-21-41(38)57-42(39)27-14-33-53(57)58-43-22-5-7-24-46(43)60(47-25-8-6-23-44(47)58)61-48(45-30-16-36-56-59(45)52-26-10-12-35-55(52)63-56)28-13-29-49(61)51-32-15-31-50-40-20-9-11-34-54(40)64-62(50)51/h1-36H. The van der Waals surface area contributed by atoms with Crippen LogP contribution < -0.4 is 0 Å². The van der Waals surface area contributed by atoms with Gasteiger partial charge in [0.1, 0.15) is 22.3 Å². The van der Waals surface area contributed by atoms with E-state index in [9.17, 15) is 0 Å². The largest absolute Gasteiger partial charge is 0.456 e. The first kappa shape index (κ1) is 35.2. The van der Waals surface area contributed by atoms with E-state index in [0.717, 1.165) is 71.7 Å². The third-order valence-electron chi connectivity index (χ3n) is 13.7. The third kappa shape index (κ3) is 4.91. The molecular weight excluding hydrogens is 777 g/mol. The van der Waals surface area contributed by atoms with Gasteiger partial charge in [0, 0.05) is 27.1 Å². The van der Waals surface area contributed by atoms with Crippen molar-refractivity contribution in [3.63, 3.8) is 0 Å². The van der Waals surface area contributed by atoms with E-state index in [1.807, 2.05) is 12.1 Å². The highest BCUT2D eigenvalue weighted by Gasteiger charge is 2.26. The molecule has 2 heterocycles. The van der Waals surface area contributed by atoms with E-state index >= 15 is 0 Å². The van der Waals surface area contributed by atoms with E-state index in [4.69, 9.17) is 8.83 Å². The average molecular weight is 813 g/mol. The number of hydrogen-bond donors (Lipinski definition) is 0. The van der Waals surface area contributed by atoms with Crippen molar-refractivity contribution in [1.29, 1.82) is 0 Å². The zero-order chi connectivity index (χ0) is 41.9. The Balaban J connectivity index is 1.17. The van der Waals surface area contributed by atoms with Crippen LogP contribution in [0.2, 0.25) is 0 Å². The van der Waals surface area contributed by atoms with Gasteiger partial charge in [0.2, 0.25) is 0 Å². The van der Waals surface area contributed by atoms with Crippen LogP contribution >= 0.6 is 0 Å². The monoisotopic (exact) mass is 812 g/mol. The summed E-state index contributed by atoms with van der Waals surface area (Å²) in [5.41, 5.74) is 12.8. The van der Waals surface area contributed by atoms with E-state index in [2.05, 4.69) is 206 Å². The van der Waals surface area contributed by atoms with Crippen molar-refractivity contribution < 1.29 is 8.83 Å². The fourth-order valence-corrected chi connectivity index (χ4v) is 11.1. The third-order valence-corrected chi connectivity index (χ3v) is 13.7. The zero-order valence-electron chi connectivity index (χ0n) is 34.6. The maximum absolute atomic E-state index is 6.83. The Morgan fingerprint density at radius 2 is 0.578 bits per heavy atom. The second-order valence-electron chi connectivity index (χ2n) is 16.9. The van der Waals surface area contributed by atoms with Crippen molar-refractivity contribution in [1.82, 2.24) is 0 Å². The Hall–Kier alpha value is -8.46.